The van der Waals surface area contributed by atoms with Gasteiger partial charge in [0.2, 0.25) is 0 Å². The van der Waals surface area contributed by atoms with E-state index in [2.05, 4.69) is 11.1 Å². The minimum atomic E-state index is -0.297. The summed E-state index contributed by atoms with van der Waals surface area (Å²) in [5.74, 6) is 0. The second-order valence-electron chi connectivity index (χ2n) is 5.50. The molecule has 1 aromatic heterocycles. The van der Waals surface area contributed by atoms with E-state index in [1.165, 1.54) is 11.8 Å². The molecule has 0 amide bonds. The van der Waals surface area contributed by atoms with Crippen molar-refractivity contribution in [3.63, 3.8) is 0 Å². The van der Waals surface area contributed by atoms with Gasteiger partial charge in [-0.25, -0.2) is 4.98 Å². The summed E-state index contributed by atoms with van der Waals surface area (Å²) in [4.78, 5) is 17.4. The second-order valence-corrected chi connectivity index (χ2v) is 7.24. The van der Waals surface area contributed by atoms with Gasteiger partial charge in [-0.15, -0.1) is 0 Å². The van der Waals surface area contributed by atoms with E-state index in [0.29, 0.717) is 27.6 Å². The molecule has 0 spiro atoms. The lowest BCUT2D eigenvalue weighted by Gasteiger charge is -2.17. The van der Waals surface area contributed by atoms with Crippen molar-refractivity contribution in [2.45, 2.75) is 42.8 Å². The average Bonchev–Trinajstić information content (AvgIpc) is 3.03. The van der Waals surface area contributed by atoms with Crippen molar-refractivity contribution in [1.29, 1.82) is 5.26 Å². The predicted octanol–water partition coefficient (Wildman–Crippen LogP) is 3.23. The Balaban J connectivity index is 2.10. The van der Waals surface area contributed by atoms with Crippen LogP contribution in [0.4, 0.5) is 0 Å². The molecule has 1 aromatic carbocycles. The minimum Gasteiger partial charge on any atom is -0.376 e. The van der Waals surface area contributed by atoms with Crippen molar-refractivity contribution in [1.82, 2.24) is 9.55 Å². The molecule has 2 aromatic rings. The van der Waals surface area contributed by atoms with Crippen molar-refractivity contribution in [3.05, 3.63) is 33.6 Å². The molecule has 5 nitrogen and oxygen atoms in total. The summed E-state index contributed by atoms with van der Waals surface area (Å²) >= 11 is 7.29. The Morgan fingerprint density at radius 2 is 2.43 bits per heavy atom. The Morgan fingerprint density at radius 3 is 3.13 bits per heavy atom. The van der Waals surface area contributed by atoms with E-state index < -0.39 is 0 Å². The topological polar surface area (TPSA) is 67.9 Å². The Bertz CT molecular complexity index is 824. The number of nitrogens with zero attached hydrogens (tertiary/aromatic N) is 3. The van der Waals surface area contributed by atoms with Crippen molar-refractivity contribution in [3.8, 4) is 6.07 Å². The first-order valence-corrected chi connectivity index (χ1v) is 8.72. The maximum atomic E-state index is 12.8. The van der Waals surface area contributed by atoms with Crippen LogP contribution >= 0.6 is 23.4 Å². The summed E-state index contributed by atoms with van der Waals surface area (Å²) in [6, 6.07) is 7.22. The lowest BCUT2D eigenvalue weighted by molar-refractivity contribution is 0.0937. The number of nitriles is 1. The van der Waals surface area contributed by atoms with Crippen molar-refractivity contribution in [2.24, 2.45) is 0 Å². The third-order valence-corrected chi connectivity index (χ3v) is 4.97. The highest BCUT2D eigenvalue weighted by molar-refractivity contribution is 8.00. The average molecular weight is 350 g/mol. The summed E-state index contributed by atoms with van der Waals surface area (Å²) in [6.07, 6.45) is 1.96. The largest absolute Gasteiger partial charge is 0.376 e. The number of ether oxygens (including phenoxy) is 1. The molecule has 1 aliphatic heterocycles. The number of benzene rings is 1. The second kappa shape index (κ2) is 6.91. The highest BCUT2D eigenvalue weighted by Crippen LogP contribution is 2.25. The fourth-order valence-corrected chi connectivity index (χ4v) is 3.57. The van der Waals surface area contributed by atoms with Gasteiger partial charge in [-0.2, -0.15) is 5.26 Å². The fraction of sp³-hybridized carbons (Fsp3) is 0.438. The Labute approximate surface area is 143 Å². The van der Waals surface area contributed by atoms with Crippen LogP contribution in [0.5, 0.6) is 0 Å². The quantitative estimate of drug-likeness (QED) is 0.626. The van der Waals surface area contributed by atoms with Crippen molar-refractivity contribution in [2.75, 3.05) is 6.61 Å². The van der Waals surface area contributed by atoms with Crippen LogP contribution in [-0.4, -0.2) is 27.5 Å². The molecule has 23 heavy (non-hydrogen) atoms. The predicted molar refractivity (Wildman–Crippen MR) is 90.9 cm³/mol. The molecule has 1 aliphatic rings. The standard InChI is InChI=1S/C16H16ClN3O2S/c1-10(8-18)23-16-19-14-7-11(17)4-5-13(14)15(21)20(16)9-12-3-2-6-22-12/h4-5,7,10,12H,2-3,6,9H2,1H3/t10-,12-/m0/s1. The molecule has 0 bridgehead atoms. The molecule has 0 N–H and O–H groups in total. The Kier molecular flexibility index (Phi) is 4.90. The monoisotopic (exact) mass is 349 g/mol. The highest BCUT2D eigenvalue weighted by Gasteiger charge is 2.21. The number of fused-ring (bicyclic) bond motifs is 1. The molecule has 120 valence electrons. The van der Waals surface area contributed by atoms with E-state index in [9.17, 15) is 4.79 Å². The van der Waals surface area contributed by atoms with Gasteiger partial charge in [-0.1, -0.05) is 23.4 Å². The molecule has 1 saturated heterocycles. The van der Waals surface area contributed by atoms with Gasteiger partial charge in [0.05, 0.1) is 34.9 Å². The zero-order chi connectivity index (χ0) is 16.4. The molecule has 0 aliphatic carbocycles. The molecule has 2 heterocycles. The van der Waals surface area contributed by atoms with Crippen LogP contribution in [0.25, 0.3) is 10.9 Å². The van der Waals surface area contributed by atoms with E-state index >= 15 is 0 Å². The highest BCUT2D eigenvalue weighted by atomic mass is 35.5. The van der Waals surface area contributed by atoms with Gasteiger partial charge in [-0.3, -0.25) is 9.36 Å². The molecule has 3 rings (SSSR count). The maximum Gasteiger partial charge on any atom is 0.262 e. The lowest BCUT2D eigenvalue weighted by atomic mass is 10.2. The summed E-state index contributed by atoms with van der Waals surface area (Å²) in [7, 11) is 0. The third-order valence-electron chi connectivity index (χ3n) is 3.76. The van der Waals surface area contributed by atoms with Gasteiger partial charge in [0.15, 0.2) is 5.16 Å². The lowest BCUT2D eigenvalue weighted by Crippen LogP contribution is -2.29. The molecular weight excluding hydrogens is 334 g/mol. The summed E-state index contributed by atoms with van der Waals surface area (Å²) in [5, 5.41) is 10.4. The molecule has 0 radical (unpaired) electrons. The van der Waals surface area contributed by atoms with Crippen molar-refractivity contribution >= 4 is 34.3 Å². The van der Waals surface area contributed by atoms with E-state index in [1.807, 2.05) is 0 Å². The summed E-state index contributed by atoms with van der Waals surface area (Å²) < 4.78 is 7.28. The first-order chi connectivity index (χ1) is 11.1. The van der Waals surface area contributed by atoms with Crippen LogP contribution in [0.1, 0.15) is 19.8 Å². The van der Waals surface area contributed by atoms with Crippen LogP contribution in [0.3, 0.4) is 0 Å². The summed E-state index contributed by atoms with van der Waals surface area (Å²) in [5.41, 5.74) is 0.438. The van der Waals surface area contributed by atoms with Gasteiger partial charge < -0.3 is 4.74 Å². The number of hydrogen-bond donors (Lipinski definition) is 0. The van der Waals surface area contributed by atoms with Gasteiger partial charge >= 0.3 is 0 Å². The molecular formula is C16H16ClN3O2S. The first-order valence-electron chi connectivity index (χ1n) is 7.46. The van der Waals surface area contributed by atoms with Gasteiger partial charge in [0.1, 0.15) is 0 Å². The number of hydrogen-bond acceptors (Lipinski definition) is 5. The molecule has 2 atom stereocenters. The minimum absolute atomic E-state index is 0.0241. The number of aromatic nitrogens is 2. The summed E-state index contributed by atoms with van der Waals surface area (Å²) in [6.45, 7) is 2.98. The van der Waals surface area contributed by atoms with Crippen molar-refractivity contribution < 1.29 is 4.74 Å². The molecule has 7 heteroatoms. The Hall–Kier alpha value is -1.55. The van der Waals surface area contributed by atoms with Crippen LogP contribution in [0, 0.1) is 11.3 Å². The zero-order valence-corrected chi connectivity index (χ0v) is 14.2. The van der Waals surface area contributed by atoms with Crippen LogP contribution in [-0.2, 0) is 11.3 Å². The van der Waals surface area contributed by atoms with E-state index in [4.69, 9.17) is 21.6 Å². The van der Waals surface area contributed by atoms with E-state index in [0.717, 1.165) is 19.4 Å². The fourth-order valence-electron chi connectivity index (χ4n) is 2.60. The molecule has 0 unspecified atom stereocenters. The van der Waals surface area contributed by atoms with Gasteiger partial charge in [0, 0.05) is 11.6 Å². The number of halogens is 1. The first kappa shape index (κ1) is 16.3. The van der Waals surface area contributed by atoms with Crippen LogP contribution < -0.4 is 5.56 Å². The number of rotatable bonds is 4. The van der Waals surface area contributed by atoms with E-state index in [1.54, 1.807) is 29.7 Å². The van der Waals surface area contributed by atoms with Gasteiger partial charge in [0.25, 0.3) is 5.56 Å². The third kappa shape index (κ3) is 3.52. The van der Waals surface area contributed by atoms with Crippen LogP contribution in [0.15, 0.2) is 28.2 Å². The Morgan fingerprint density at radius 1 is 1.61 bits per heavy atom. The van der Waals surface area contributed by atoms with Crippen LogP contribution in [0.2, 0.25) is 5.02 Å². The smallest absolute Gasteiger partial charge is 0.262 e. The zero-order valence-electron chi connectivity index (χ0n) is 12.7. The molecule has 0 saturated carbocycles. The van der Waals surface area contributed by atoms with Gasteiger partial charge in [-0.05, 0) is 38.0 Å². The van der Waals surface area contributed by atoms with E-state index in [-0.39, 0.29) is 16.9 Å². The maximum absolute atomic E-state index is 12.8. The SMILES string of the molecule is C[C@@H](C#N)Sc1nc2cc(Cl)ccc2c(=O)n1C[C@@H]1CCCO1. The normalized spacial score (nSPS) is 18.9. The number of thioether (sulfide) groups is 1. The molecule has 1 fully saturated rings.